The van der Waals surface area contributed by atoms with Crippen LogP contribution in [0.2, 0.25) is 0 Å². The molecule has 0 spiro atoms. The number of hydrogen-bond donors (Lipinski definition) is 1. The molecule has 40 heavy (non-hydrogen) atoms. The van der Waals surface area contributed by atoms with Crippen molar-refractivity contribution in [2.75, 3.05) is 20.3 Å². The van der Waals surface area contributed by atoms with Gasteiger partial charge in [-0.1, -0.05) is 60.3 Å². The maximum atomic E-state index is 13.6. The number of pyridine rings is 1. The number of amidine groups is 1. The standard InChI is InChI=1S/C31H30N4O4S/c1-3-39-30(37)27-28(21-9-5-4-6-10-21)34-31-35(29(27)22-12-14-25(38-2)15-13-22)24(20-40-31)19-26(36)33-18-16-23-11-7-8-17-32-23/h4-15,17,20,29H,3,16,18-19H2,1-2H3,(H,33,36)/t29-/m1/s1. The van der Waals surface area contributed by atoms with Crippen molar-refractivity contribution in [1.82, 2.24) is 15.2 Å². The predicted molar refractivity (Wildman–Crippen MR) is 156 cm³/mol. The van der Waals surface area contributed by atoms with Gasteiger partial charge in [0.1, 0.15) is 5.75 Å². The summed E-state index contributed by atoms with van der Waals surface area (Å²) in [5, 5.41) is 5.63. The fraction of sp³-hybridized carbons (Fsp3) is 0.226. The molecule has 0 fully saturated rings. The summed E-state index contributed by atoms with van der Waals surface area (Å²) in [6.45, 7) is 2.49. The number of hydrogen-bond acceptors (Lipinski definition) is 8. The van der Waals surface area contributed by atoms with E-state index in [2.05, 4.69) is 10.3 Å². The SMILES string of the molecule is CCOC(=O)C1=C(c2ccccc2)N=C2SC=C(CC(=O)NCCc3ccccn3)N2[C@@H]1c1ccc(OC)cc1. The van der Waals surface area contributed by atoms with Gasteiger partial charge in [0, 0.05) is 36.1 Å². The Labute approximate surface area is 237 Å². The number of fused-ring (bicyclic) bond motifs is 1. The lowest BCUT2D eigenvalue weighted by Gasteiger charge is -2.36. The minimum absolute atomic E-state index is 0.118. The molecule has 1 aromatic heterocycles. The normalized spacial score (nSPS) is 16.1. The van der Waals surface area contributed by atoms with Gasteiger partial charge in [0.25, 0.3) is 0 Å². The number of aromatic nitrogens is 1. The zero-order chi connectivity index (χ0) is 27.9. The average molecular weight is 555 g/mol. The van der Waals surface area contributed by atoms with E-state index in [4.69, 9.17) is 14.5 Å². The van der Waals surface area contributed by atoms with Crippen LogP contribution in [0.4, 0.5) is 0 Å². The predicted octanol–water partition coefficient (Wildman–Crippen LogP) is 5.11. The summed E-state index contributed by atoms with van der Waals surface area (Å²) in [4.78, 5) is 37.8. The van der Waals surface area contributed by atoms with Gasteiger partial charge < -0.3 is 19.7 Å². The minimum Gasteiger partial charge on any atom is -0.497 e. The third kappa shape index (κ3) is 5.94. The number of carbonyl (C=O) groups excluding carboxylic acids is 2. The lowest BCUT2D eigenvalue weighted by Crippen LogP contribution is -2.38. The average Bonchev–Trinajstić information content (AvgIpc) is 3.39. The van der Waals surface area contributed by atoms with Gasteiger partial charge in [0.2, 0.25) is 5.91 Å². The second-order valence-corrected chi connectivity index (χ2v) is 9.95. The summed E-state index contributed by atoms with van der Waals surface area (Å²) in [5.74, 6) is 0.145. The first-order valence-electron chi connectivity index (χ1n) is 13.1. The summed E-state index contributed by atoms with van der Waals surface area (Å²) >= 11 is 1.44. The Kier molecular flexibility index (Phi) is 8.61. The van der Waals surface area contributed by atoms with Crippen LogP contribution in [0.5, 0.6) is 5.75 Å². The summed E-state index contributed by atoms with van der Waals surface area (Å²) in [5.41, 5.74) is 4.33. The highest BCUT2D eigenvalue weighted by Crippen LogP contribution is 2.47. The van der Waals surface area contributed by atoms with E-state index >= 15 is 0 Å². The number of amides is 1. The number of nitrogens with one attached hydrogen (secondary N) is 1. The maximum Gasteiger partial charge on any atom is 0.338 e. The summed E-state index contributed by atoms with van der Waals surface area (Å²) in [6.07, 6.45) is 2.52. The Balaban J connectivity index is 1.48. The third-order valence-corrected chi connectivity index (χ3v) is 7.44. The van der Waals surface area contributed by atoms with Crippen molar-refractivity contribution in [1.29, 1.82) is 0 Å². The van der Waals surface area contributed by atoms with E-state index in [0.717, 1.165) is 22.5 Å². The summed E-state index contributed by atoms with van der Waals surface area (Å²) in [6, 6.07) is 22.4. The molecule has 2 aromatic carbocycles. The van der Waals surface area contributed by atoms with Gasteiger partial charge in [-0.2, -0.15) is 0 Å². The van der Waals surface area contributed by atoms with Crippen molar-refractivity contribution >= 4 is 34.5 Å². The van der Waals surface area contributed by atoms with E-state index in [1.54, 1.807) is 20.2 Å². The van der Waals surface area contributed by atoms with Crippen LogP contribution in [-0.4, -0.2) is 47.2 Å². The molecule has 2 aliphatic heterocycles. The van der Waals surface area contributed by atoms with Crippen molar-refractivity contribution < 1.29 is 19.1 Å². The number of nitrogens with zero attached hydrogens (tertiary/aromatic N) is 3. The monoisotopic (exact) mass is 554 g/mol. The van der Waals surface area contributed by atoms with Crippen LogP contribution in [0.1, 0.15) is 36.2 Å². The molecular formula is C31H30N4O4S. The van der Waals surface area contributed by atoms with Crippen molar-refractivity contribution in [3.05, 3.63) is 112 Å². The summed E-state index contributed by atoms with van der Waals surface area (Å²) in [7, 11) is 1.61. The van der Waals surface area contributed by atoms with Crippen molar-refractivity contribution in [3.8, 4) is 5.75 Å². The van der Waals surface area contributed by atoms with E-state index in [0.29, 0.717) is 35.2 Å². The first kappa shape index (κ1) is 27.2. The van der Waals surface area contributed by atoms with Gasteiger partial charge in [-0.25, -0.2) is 9.79 Å². The third-order valence-electron chi connectivity index (χ3n) is 6.56. The molecule has 9 heteroatoms. The number of thioether (sulfide) groups is 1. The fourth-order valence-corrected chi connectivity index (χ4v) is 5.61. The highest BCUT2D eigenvalue weighted by Gasteiger charge is 2.42. The van der Waals surface area contributed by atoms with Crippen LogP contribution < -0.4 is 10.1 Å². The molecule has 0 saturated carbocycles. The molecule has 5 rings (SSSR count). The number of esters is 1. The molecule has 3 aromatic rings. The quantitative estimate of drug-likeness (QED) is 0.348. The molecule has 1 amide bonds. The number of rotatable bonds is 10. The van der Waals surface area contributed by atoms with Gasteiger partial charge in [0.05, 0.1) is 37.4 Å². The van der Waals surface area contributed by atoms with Crippen LogP contribution in [0.15, 0.2) is 101 Å². The van der Waals surface area contributed by atoms with Gasteiger partial charge in [-0.15, -0.1) is 0 Å². The molecule has 0 bridgehead atoms. The highest BCUT2D eigenvalue weighted by atomic mass is 32.2. The Hall–Kier alpha value is -4.37. The van der Waals surface area contributed by atoms with E-state index in [9.17, 15) is 9.59 Å². The molecule has 0 unspecified atom stereocenters. The minimum atomic E-state index is -0.546. The molecule has 0 aliphatic carbocycles. The molecule has 1 N–H and O–H groups in total. The molecule has 2 aliphatic rings. The van der Waals surface area contributed by atoms with Crippen LogP contribution in [0.25, 0.3) is 5.70 Å². The zero-order valence-corrected chi connectivity index (χ0v) is 23.2. The van der Waals surface area contributed by atoms with Gasteiger partial charge in [-0.3, -0.25) is 9.78 Å². The Morgan fingerprint density at radius 2 is 1.80 bits per heavy atom. The van der Waals surface area contributed by atoms with E-state index in [1.165, 1.54) is 11.8 Å². The molecule has 204 valence electrons. The summed E-state index contributed by atoms with van der Waals surface area (Å²) < 4.78 is 10.9. The number of carbonyl (C=O) groups is 2. The molecular weight excluding hydrogens is 524 g/mol. The topological polar surface area (TPSA) is 93.1 Å². The smallest absolute Gasteiger partial charge is 0.338 e. The number of ether oxygens (including phenoxy) is 2. The first-order valence-corrected chi connectivity index (χ1v) is 14.0. The first-order chi connectivity index (χ1) is 19.6. The van der Waals surface area contributed by atoms with Crippen molar-refractivity contribution in [2.45, 2.75) is 25.8 Å². The fourth-order valence-electron chi connectivity index (χ4n) is 4.69. The number of benzene rings is 2. The molecule has 0 saturated heterocycles. The second-order valence-electron chi connectivity index (χ2n) is 9.11. The van der Waals surface area contributed by atoms with Gasteiger partial charge in [-0.05, 0) is 42.2 Å². The Bertz CT molecular complexity index is 1450. The number of aliphatic imine (C=N–C) groups is 1. The van der Waals surface area contributed by atoms with Crippen LogP contribution >= 0.6 is 11.8 Å². The van der Waals surface area contributed by atoms with E-state index in [1.807, 2.05) is 83.1 Å². The lowest BCUT2D eigenvalue weighted by atomic mass is 9.91. The van der Waals surface area contributed by atoms with Crippen LogP contribution in [-0.2, 0) is 20.7 Å². The van der Waals surface area contributed by atoms with Gasteiger partial charge in [0.15, 0.2) is 5.17 Å². The maximum absolute atomic E-state index is 13.6. The largest absolute Gasteiger partial charge is 0.497 e. The molecule has 3 heterocycles. The zero-order valence-electron chi connectivity index (χ0n) is 22.4. The van der Waals surface area contributed by atoms with Crippen LogP contribution in [0.3, 0.4) is 0 Å². The van der Waals surface area contributed by atoms with E-state index < -0.39 is 12.0 Å². The Morgan fingerprint density at radius 1 is 1.02 bits per heavy atom. The van der Waals surface area contributed by atoms with Crippen LogP contribution in [0, 0.1) is 0 Å². The second kappa shape index (κ2) is 12.7. The van der Waals surface area contributed by atoms with Gasteiger partial charge >= 0.3 is 5.97 Å². The highest BCUT2D eigenvalue weighted by molar-refractivity contribution is 8.16. The van der Waals surface area contributed by atoms with Crippen molar-refractivity contribution in [2.24, 2.45) is 4.99 Å². The lowest BCUT2D eigenvalue weighted by molar-refractivity contribution is -0.139. The molecule has 0 radical (unpaired) electrons. The van der Waals surface area contributed by atoms with E-state index in [-0.39, 0.29) is 18.9 Å². The molecule has 8 nitrogen and oxygen atoms in total. The number of methoxy groups -OCH3 is 1. The van der Waals surface area contributed by atoms with Crippen molar-refractivity contribution in [3.63, 3.8) is 0 Å². The Morgan fingerprint density at radius 3 is 2.50 bits per heavy atom. The molecule has 1 atom stereocenters.